The van der Waals surface area contributed by atoms with Crippen LogP contribution >= 0.6 is 11.6 Å². The molecule has 4 rings (SSSR count). The fourth-order valence-electron chi connectivity index (χ4n) is 4.76. The Bertz CT molecular complexity index is 1070. The largest absolute Gasteiger partial charge is 0.495 e. The van der Waals surface area contributed by atoms with Gasteiger partial charge in [-0.15, -0.1) is 0 Å². The highest BCUT2D eigenvalue weighted by Crippen LogP contribution is 2.39. The maximum Gasteiger partial charge on any atom is 0.255 e. The van der Waals surface area contributed by atoms with E-state index in [-0.39, 0.29) is 11.9 Å². The van der Waals surface area contributed by atoms with Crippen LogP contribution in [0.3, 0.4) is 0 Å². The van der Waals surface area contributed by atoms with E-state index in [4.69, 9.17) is 16.3 Å². The molecule has 31 heavy (non-hydrogen) atoms. The first-order valence-electron chi connectivity index (χ1n) is 10.9. The van der Waals surface area contributed by atoms with Gasteiger partial charge >= 0.3 is 0 Å². The zero-order chi connectivity index (χ0) is 22.0. The van der Waals surface area contributed by atoms with Crippen molar-refractivity contribution >= 4 is 17.5 Å². The summed E-state index contributed by atoms with van der Waals surface area (Å²) in [4.78, 5) is 15.3. The summed E-state index contributed by atoms with van der Waals surface area (Å²) in [6.07, 6.45) is 7.62. The second-order valence-electron chi connectivity index (χ2n) is 8.24. The molecule has 1 atom stereocenters. The molecule has 0 bridgehead atoms. The molecule has 1 aliphatic carbocycles. The van der Waals surface area contributed by atoms with Gasteiger partial charge in [-0.2, -0.15) is 0 Å². The fourth-order valence-corrected chi connectivity index (χ4v) is 5.05. The molecule has 0 fully saturated rings. The van der Waals surface area contributed by atoms with Gasteiger partial charge in [0, 0.05) is 20.3 Å². The number of nitrogens with zero attached hydrogens (tertiary/aromatic N) is 2. The van der Waals surface area contributed by atoms with E-state index < -0.39 is 0 Å². The first kappa shape index (κ1) is 21.5. The highest BCUT2D eigenvalue weighted by Gasteiger charge is 2.30. The van der Waals surface area contributed by atoms with Crippen molar-refractivity contribution in [3.05, 3.63) is 76.4 Å². The van der Waals surface area contributed by atoms with E-state index in [1.165, 1.54) is 35.2 Å². The average Bonchev–Trinajstić information content (AvgIpc) is 3.09. The highest BCUT2D eigenvalue weighted by molar-refractivity contribution is 6.35. The predicted octanol–water partition coefficient (Wildman–Crippen LogP) is 6.28. The Balaban J connectivity index is 1.76. The first-order valence-corrected chi connectivity index (χ1v) is 11.2. The molecule has 0 saturated heterocycles. The van der Waals surface area contributed by atoms with Crippen molar-refractivity contribution < 1.29 is 9.53 Å². The minimum atomic E-state index is -0.0782. The third-order valence-corrected chi connectivity index (χ3v) is 6.72. The smallest absolute Gasteiger partial charge is 0.255 e. The van der Waals surface area contributed by atoms with Gasteiger partial charge in [0.25, 0.3) is 5.91 Å². The second kappa shape index (κ2) is 9.19. The Morgan fingerprint density at radius 3 is 2.61 bits per heavy atom. The average molecular weight is 437 g/mol. The number of aromatic nitrogens is 1. The minimum Gasteiger partial charge on any atom is -0.495 e. The maximum atomic E-state index is 13.5. The zero-order valence-corrected chi connectivity index (χ0v) is 19.2. The van der Waals surface area contributed by atoms with E-state index in [0.717, 1.165) is 19.3 Å². The molecule has 0 aliphatic heterocycles. The van der Waals surface area contributed by atoms with Crippen molar-refractivity contribution in [2.24, 2.45) is 7.05 Å². The van der Waals surface area contributed by atoms with E-state index in [2.05, 4.69) is 42.1 Å². The standard InChI is InChI=1S/C26H29ClN2O2/c1-28-17-21-19(25(28)18-11-6-4-7-12-18)13-8-5-9-15-22(21)29(2)26(30)20-14-10-16-23(31-3)24(20)27/h4,6-7,10-12,14,16-17,22H,5,8-9,13,15H2,1-3H3. The Morgan fingerprint density at radius 1 is 1.10 bits per heavy atom. The summed E-state index contributed by atoms with van der Waals surface area (Å²) < 4.78 is 7.53. The molecule has 4 nitrogen and oxygen atoms in total. The van der Waals surface area contributed by atoms with Crippen molar-refractivity contribution in [3.63, 3.8) is 0 Å². The molecule has 3 aromatic rings. The lowest BCUT2D eigenvalue weighted by Crippen LogP contribution is -2.32. The molecule has 0 N–H and O–H groups in total. The van der Waals surface area contributed by atoms with Gasteiger partial charge in [0.05, 0.1) is 29.4 Å². The lowest BCUT2D eigenvalue weighted by Gasteiger charge is -2.31. The minimum absolute atomic E-state index is 0.00808. The molecule has 1 heterocycles. The third-order valence-electron chi connectivity index (χ3n) is 6.33. The van der Waals surface area contributed by atoms with Gasteiger partial charge in [-0.25, -0.2) is 0 Å². The number of aryl methyl sites for hydroxylation is 1. The summed E-state index contributed by atoms with van der Waals surface area (Å²) in [5.41, 5.74) is 5.55. The van der Waals surface area contributed by atoms with Crippen LogP contribution in [0.25, 0.3) is 11.3 Å². The fraction of sp³-hybridized carbons (Fsp3) is 0.346. The molecule has 0 radical (unpaired) electrons. The summed E-state index contributed by atoms with van der Waals surface area (Å²) >= 11 is 6.48. The quantitative estimate of drug-likeness (QED) is 0.482. The molecule has 1 unspecified atom stereocenters. The van der Waals surface area contributed by atoms with Crippen molar-refractivity contribution in [3.8, 4) is 17.0 Å². The number of amides is 1. The van der Waals surface area contributed by atoms with Crippen LogP contribution in [-0.2, 0) is 13.5 Å². The van der Waals surface area contributed by atoms with Gasteiger partial charge in [-0.05, 0) is 48.1 Å². The molecular weight excluding hydrogens is 408 g/mol. The second-order valence-corrected chi connectivity index (χ2v) is 8.62. The van der Waals surface area contributed by atoms with E-state index in [0.29, 0.717) is 16.3 Å². The topological polar surface area (TPSA) is 34.5 Å². The van der Waals surface area contributed by atoms with Gasteiger partial charge in [-0.1, -0.05) is 60.8 Å². The molecule has 5 heteroatoms. The number of hydrogen-bond donors (Lipinski definition) is 0. The number of fused-ring (bicyclic) bond motifs is 1. The molecule has 162 valence electrons. The van der Waals surface area contributed by atoms with Crippen molar-refractivity contribution in [2.75, 3.05) is 14.2 Å². The van der Waals surface area contributed by atoms with Crippen LogP contribution in [-0.4, -0.2) is 29.5 Å². The number of rotatable bonds is 4. The Labute approximate surface area is 189 Å². The first-order chi connectivity index (χ1) is 15.0. The van der Waals surface area contributed by atoms with Crippen LogP contribution in [0.2, 0.25) is 5.02 Å². The molecule has 0 saturated carbocycles. The normalized spacial score (nSPS) is 16.2. The highest BCUT2D eigenvalue weighted by atomic mass is 35.5. The molecule has 2 aromatic carbocycles. The monoisotopic (exact) mass is 436 g/mol. The summed E-state index contributed by atoms with van der Waals surface area (Å²) in [7, 11) is 5.56. The number of hydrogen-bond acceptors (Lipinski definition) is 2. The van der Waals surface area contributed by atoms with Gasteiger partial charge in [0.15, 0.2) is 0 Å². The molecule has 1 aromatic heterocycles. The van der Waals surface area contributed by atoms with Gasteiger partial charge < -0.3 is 14.2 Å². The Kier molecular flexibility index (Phi) is 6.38. The van der Waals surface area contributed by atoms with Crippen LogP contribution in [0.15, 0.2) is 54.7 Å². The van der Waals surface area contributed by atoms with E-state index >= 15 is 0 Å². The number of benzene rings is 2. The maximum absolute atomic E-state index is 13.5. The van der Waals surface area contributed by atoms with Gasteiger partial charge in [0.1, 0.15) is 5.75 Å². The van der Waals surface area contributed by atoms with Crippen molar-refractivity contribution in [1.29, 1.82) is 0 Å². The third kappa shape index (κ3) is 4.09. The van der Waals surface area contributed by atoms with Crippen LogP contribution < -0.4 is 4.74 Å². The lowest BCUT2D eigenvalue weighted by molar-refractivity contribution is 0.0718. The summed E-state index contributed by atoms with van der Waals surface area (Å²) in [6.45, 7) is 0. The van der Waals surface area contributed by atoms with Crippen LogP contribution in [0.1, 0.15) is 53.2 Å². The van der Waals surface area contributed by atoms with E-state index in [1.54, 1.807) is 19.2 Å². The summed E-state index contributed by atoms with van der Waals surface area (Å²) in [5, 5.41) is 0.367. The van der Waals surface area contributed by atoms with Crippen molar-refractivity contribution in [2.45, 2.75) is 38.1 Å². The number of carbonyl (C=O) groups excluding carboxylic acids is 1. The Hall–Kier alpha value is -2.72. The molecule has 1 aliphatic rings. The van der Waals surface area contributed by atoms with Crippen molar-refractivity contribution in [1.82, 2.24) is 9.47 Å². The van der Waals surface area contributed by atoms with Crippen LogP contribution in [0, 0.1) is 0 Å². The molecule has 1 amide bonds. The molecule has 0 spiro atoms. The van der Waals surface area contributed by atoms with Gasteiger partial charge in [0.2, 0.25) is 0 Å². The van der Waals surface area contributed by atoms with Crippen LogP contribution in [0.5, 0.6) is 5.75 Å². The zero-order valence-electron chi connectivity index (χ0n) is 18.4. The summed E-state index contributed by atoms with van der Waals surface area (Å²) in [6, 6.07) is 15.9. The number of ether oxygens (including phenoxy) is 1. The lowest BCUT2D eigenvalue weighted by atomic mass is 9.89. The SMILES string of the molecule is COc1cccc(C(=O)N(C)C2CCCCCc3c2cn(C)c3-c2ccccc2)c1Cl. The Morgan fingerprint density at radius 2 is 1.87 bits per heavy atom. The van der Waals surface area contributed by atoms with E-state index in [9.17, 15) is 4.79 Å². The van der Waals surface area contributed by atoms with Gasteiger partial charge in [-0.3, -0.25) is 4.79 Å². The predicted molar refractivity (Wildman–Crippen MR) is 126 cm³/mol. The number of halogens is 1. The number of methoxy groups -OCH3 is 1. The summed E-state index contributed by atoms with van der Waals surface area (Å²) in [5.74, 6) is 0.441. The van der Waals surface area contributed by atoms with E-state index in [1.807, 2.05) is 24.1 Å². The van der Waals surface area contributed by atoms with Crippen LogP contribution in [0.4, 0.5) is 0 Å². The molecular formula is C26H29ClN2O2. The number of carbonyl (C=O) groups is 1.